The Kier molecular flexibility index (Phi) is 6.76. The number of fused-ring (bicyclic) bond motifs is 1. The van der Waals surface area contributed by atoms with Gasteiger partial charge in [0.2, 0.25) is 0 Å². The van der Waals surface area contributed by atoms with E-state index >= 15 is 0 Å². The number of esters is 2. The van der Waals surface area contributed by atoms with Crippen molar-refractivity contribution < 1.29 is 19.1 Å². The van der Waals surface area contributed by atoms with Crippen molar-refractivity contribution >= 4 is 40.7 Å². The molecule has 1 unspecified atom stereocenters. The van der Waals surface area contributed by atoms with Crippen LogP contribution in [0.1, 0.15) is 35.9 Å². The van der Waals surface area contributed by atoms with E-state index in [1.807, 2.05) is 24.4 Å². The van der Waals surface area contributed by atoms with E-state index in [-0.39, 0.29) is 17.7 Å². The molecule has 2 aromatic heterocycles. The molecule has 0 spiro atoms. The van der Waals surface area contributed by atoms with Gasteiger partial charge in [0.25, 0.3) is 5.56 Å². The molecule has 34 heavy (non-hydrogen) atoms. The molecule has 0 saturated carbocycles. The molecule has 3 aromatic rings. The maximum atomic E-state index is 13.6. The van der Waals surface area contributed by atoms with E-state index in [1.54, 1.807) is 42.5 Å². The monoisotopic (exact) mass is 494 g/mol. The molecule has 7 nitrogen and oxygen atoms in total. The van der Waals surface area contributed by atoms with E-state index in [0.29, 0.717) is 26.3 Å². The molecule has 9 heteroatoms. The highest BCUT2D eigenvalue weighted by Gasteiger charge is 2.33. The molecule has 0 aliphatic carbocycles. The third-order valence-corrected chi connectivity index (χ3v) is 7.14. The lowest BCUT2D eigenvalue weighted by atomic mass is 9.96. The molecule has 1 atom stereocenters. The fraction of sp³-hybridized carbons (Fsp3) is 0.200. The van der Waals surface area contributed by atoms with Crippen LogP contribution in [0.4, 0.5) is 0 Å². The van der Waals surface area contributed by atoms with Gasteiger partial charge in [0.1, 0.15) is 12.4 Å². The summed E-state index contributed by atoms with van der Waals surface area (Å²) in [4.78, 5) is 43.9. The summed E-state index contributed by atoms with van der Waals surface area (Å²) >= 11 is 2.83. The third kappa shape index (κ3) is 4.57. The van der Waals surface area contributed by atoms with Crippen LogP contribution in [0.2, 0.25) is 0 Å². The fourth-order valence-corrected chi connectivity index (χ4v) is 5.61. The first kappa shape index (κ1) is 23.6. The first-order valence-electron chi connectivity index (χ1n) is 10.4. The number of hydrogen-bond acceptors (Lipinski definition) is 8. The van der Waals surface area contributed by atoms with Gasteiger partial charge in [-0.25, -0.2) is 9.79 Å². The summed E-state index contributed by atoms with van der Waals surface area (Å²) in [6.45, 7) is 8.66. The summed E-state index contributed by atoms with van der Waals surface area (Å²) in [5.41, 5.74) is 2.25. The van der Waals surface area contributed by atoms with Crippen molar-refractivity contribution in [1.82, 2.24) is 4.57 Å². The molecule has 0 radical (unpaired) electrons. The normalized spacial score (nSPS) is 15.5. The van der Waals surface area contributed by atoms with Crippen LogP contribution in [0.3, 0.4) is 0 Å². The SMILES string of the molecule is C=CCOC(=O)C1=C(C)N=c2sc(=Cc3sccc3C)c(=O)n2C1c1ccc(OC(C)=O)cc1. The van der Waals surface area contributed by atoms with Crippen LogP contribution in [0.25, 0.3) is 6.08 Å². The Bertz CT molecular complexity index is 1490. The Morgan fingerprint density at radius 1 is 1.21 bits per heavy atom. The molecule has 0 fully saturated rings. The van der Waals surface area contributed by atoms with Crippen molar-refractivity contribution in [3.63, 3.8) is 0 Å². The number of carbonyl (C=O) groups is 2. The number of ether oxygens (including phenoxy) is 2. The minimum Gasteiger partial charge on any atom is -0.458 e. The molecule has 0 saturated heterocycles. The number of carbonyl (C=O) groups excluding carboxylic acids is 2. The smallest absolute Gasteiger partial charge is 0.338 e. The van der Waals surface area contributed by atoms with E-state index in [9.17, 15) is 14.4 Å². The van der Waals surface area contributed by atoms with Crippen LogP contribution in [-0.2, 0) is 14.3 Å². The van der Waals surface area contributed by atoms with Gasteiger partial charge in [0, 0.05) is 11.8 Å². The number of thiazole rings is 1. The fourth-order valence-electron chi connectivity index (χ4n) is 3.65. The molecule has 0 bridgehead atoms. The summed E-state index contributed by atoms with van der Waals surface area (Å²) in [5, 5.41) is 1.98. The Morgan fingerprint density at radius 2 is 1.94 bits per heavy atom. The summed E-state index contributed by atoms with van der Waals surface area (Å²) in [5.74, 6) is -0.638. The molecule has 1 aromatic carbocycles. The predicted molar refractivity (Wildman–Crippen MR) is 132 cm³/mol. The lowest BCUT2D eigenvalue weighted by Gasteiger charge is -2.24. The summed E-state index contributed by atoms with van der Waals surface area (Å²) in [6, 6.07) is 7.96. The Balaban J connectivity index is 1.90. The molecule has 3 heterocycles. The maximum absolute atomic E-state index is 13.6. The average molecular weight is 495 g/mol. The maximum Gasteiger partial charge on any atom is 0.338 e. The molecule has 1 aliphatic heterocycles. The van der Waals surface area contributed by atoms with Gasteiger partial charge in [0.05, 0.1) is 21.8 Å². The number of thiophene rings is 1. The van der Waals surface area contributed by atoms with Crippen LogP contribution in [-0.4, -0.2) is 23.1 Å². The molecular formula is C25H22N2O5S2. The number of rotatable bonds is 6. The average Bonchev–Trinajstić information content (AvgIpc) is 3.34. The van der Waals surface area contributed by atoms with Gasteiger partial charge in [-0.3, -0.25) is 14.2 Å². The molecule has 1 aliphatic rings. The van der Waals surface area contributed by atoms with Crippen LogP contribution in [0.15, 0.2) is 69.4 Å². The summed E-state index contributed by atoms with van der Waals surface area (Å²) < 4.78 is 12.5. The summed E-state index contributed by atoms with van der Waals surface area (Å²) in [6.07, 6.45) is 3.34. The zero-order valence-electron chi connectivity index (χ0n) is 18.9. The van der Waals surface area contributed by atoms with E-state index in [1.165, 1.54) is 28.9 Å². The van der Waals surface area contributed by atoms with Crippen molar-refractivity contribution in [1.29, 1.82) is 0 Å². The number of hydrogen-bond donors (Lipinski definition) is 0. The Hall–Kier alpha value is -3.56. The molecule has 0 N–H and O–H groups in total. The first-order valence-corrected chi connectivity index (χ1v) is 12.1. The second-order valence-electron chi connectivity index (χ2n) is 7.60. The zero-order chi connectivity index (χ0) is 24.4. The predicted octanol–water partition coefficient (Wildman–Crippen LogP) is 3.26. The van der Waals surface area contributed by atoms with Gasteiger partial charge >= 0.3 is 11.9 Å². The highest BCUT2D eigenvalue weighted by Crippen LogP contribution is 2.31. The van der Waals surface area contributed by atoms with Crippen LogP contribution in [0, 0.1) is 6.92 Å². The van der Waals surface area contributed by atoms with Gasteiger partial charge in [-0.05, 0) is 54.6 Å². The van der Waals surface area contributed by atoms with E-state index in [0.717, 1.165) is 10.4 Å². The van der Waals surface area contributed by atoms with Gasteiger partial charge in [-0.15, -0.1) is 11.3 Å². The number of nitrogens with zero attached hydrogens (tertiary/aromatic N) is 2. The Morgan fingerprint density at radius 3 is 2.56 bits per heavy atom. The van der Waals surface area contributed by atoms with Crippen molar-refractivity contribution in [2.24, 2.45) is 4.99 Å². The van der Waals surface area contributed by atoms with Crippen molar-refractivity contribution in [2.75, 3.05) is 6.61 Å². The zero-order valence-corrected chi connectivity index (χ0v) is 20.5. The van der Waals surface area contributed by atoms with Crippen molar-refractivity contribution in [3.05, 3.63) is 95.3 Å². The van der Waals surface area contributed by atoms with Gasteiger partial charge in [-0.1, -0.05) is 36.1 Å². The molecule has 4 rings (SSSR count). The van der Waals surface area contributed by atoms with Gasteiger partial charge in [-0.2, -0.15) is 0 Å². The number of aryl methyl sites for hydroxylation is 1. The van der Waals surface area contributed by atoms with Gasteiger partial charge < -0.3 is 9.47 Å². The van der Waals surface area contributed by atoms with Crippen LogP contribution in [0.5, 0.6) is 5.75 Å². The molecule has 0 amide bonds. The van der Waals surface area contributed by atoms with Gasteiger partial charge in [0.15, 0.2) is 4.80 Å². The van der Waals surface area contributed by atoms with E-state index in [2.05, 4.69) is 11.6 Å². The van der Waals surface area contributed by atoms with Crippen molar-refractivity contribution in [3.8, 4) is 5.75 Å². The second-order valence-corrected chi connectivity index (χ2v) is 9.56. The highest BCUT2D eigenvalue weighted by molar-refractivity contribution is 7.11. The van der Waals surface area contributed by atoms with Crippen molar-refractivity contribution in [2.45, 2.75) is 26.8 Å². The minimum atomic E-state index is -0.744. The number of aromatic nitrogens is 1. The topological polar surface area (TPSA) is 87.0 Å². The minimum absolute atomic E-state index is 0.0375. The molecule has 174 valence electrons. The number of allylic oxidation sites excluding steroid dienone is 1. The first-order chi connectivity index (χ1) is 16.3. The lowest BCUT2D eigenvalue weighted by molar-refractivity contribution is -0.138. The largest absolute Gasteiger partial charge is 0.458 e. The third-order valence-electron chi connectivity index (χ3n) is 5.20. The van der Waals surface area contributed by atoms with Crippen LogP contribution < -0.4 is 19.6 Å². The molecular weight excluding hydrogens is 472 g/mol. The van der Waals surface area contributed by atoms with Crippen LogP contribution >= 0.6 is 22.7 Å². The van der Waals surface area contributed by atoms with E-state index < -0.39 is 18.0 Å². The number of benzene rings is 1. The Labute approximate surface area is 203 Å². The summed E-state index contributed by atoms with van der Waals surface area (Å²) in [7, 11) is 0. The lowest BCUT2D eigenvalue weighted by Crippen LogP contribution is -2.39. The highest BCUT2D eigenvalue weighted by atomic mass is 32.1. The second kappa shape index (κ2) is 9.74. The standard InChI is InChI=1S/C25H22N2O5S2/c1-5-11-31-24(30)21-15(3)26-25-27(22(21)17-6-8-18(9-7-17)32-16(4)28)23(29)20(34-25)13-19-14(2)10-12-33-19/h5-10,12-13,22H,1,11H2,2-4H3. The van der Waals surface area contributed by atoms with E-state index in [4.69, 9.17) is 9.47 Å². The quantitative estimate of drug-likeness (QED) is 0.298.